The number of hydrogen-bond donors (Lipinski definition) is 2. The van der Waals surface area contributed by atoms with E-state index < -0.39 is 11.5 Å². The van der Waals surface area contributed by atoms with Crippen molar-refractivity contribution >= 4 is 5.91 Å². The summed E-state index contributed by atoms with van der Waals surface area (Å²) in [6.07, 6.45) is 6.40. The maximum Gasteiger partial charge on any atom is 0.248 e. The molecule has 1 saturated heterocycles. The molecule has 3 atom stereocenters. The van der Waals surface area contributed by atoms with Crippen molar-refractivity contribution in [2.45, 2.75) is 82.2 Å². The molecule has 1 amide bonds. The van der Waals surface area contributed by atoms with Gasteiger partial charge < -0.3 is 20.1 Å². The number of amides is 1. The Hall–Kier alpha value is -1.57. The number of hydrogen-bond acceptors (Lipinski definition) is 4. The van der Waals surface area contributed by atoms with Crippen molar-refractivity contribution < 1.29 is 23.4 Å². The molecule has 5 nitrogen and oxygen atoms in total. The van der Waals surface area contributed by atoms with E-state index in [1.54, 1.807) is 7.11 Å². The molecule has 2 fully saturated rings. The van der Waals surface area contributed by atoms with Crippen LogP contribution in [0.15, 0.2) is 30.3 Å². The van der Waals surface area contributed by atoms with Crippen LogP contribution in [0.25, 0.3) is 0 Å². The molecule has 1 aliphatic heterocycles. The van der Waals surface area contributed by atoms with E-state index in [0.717, 1.165) is 37.7 Å². The number of carbonyl (C=O) groups is 1. The maximum absolute atomic E-state index is 13.6. The highest BCUT2D eigenvalue weighted by Gasteiger charge is 2.41. The molecule has 3 rings (SSSR count). The third kappa shape index (κ3) is 8.22. The average Bonchev–Trinajstić information content (AvgIpc) is 2.88. The average molecular weight is 509 g/mol. The van der Waals surface area contributed by atoms with E-state index in [0.29, 0.717) is 51.9 Å². The van der Waals surface area contributed by atoms with Crippen molar-refractivity contribution in [1.82, 2.24) is 10.2 Å². The largest absolute Gasteiger partial charge is 0.385 e. The zero-order chi connectivity index (χ0) is 26.0. The van der Waals surface area contributed by atoms with Crippen LogP contribution in [0.3, 0.4) is 0 Å². The summed E-state index contributed by atoms with van der Waals surface area (Å²) < 4.78 is 32.4. The van der Waals surface area contributed by atoms with Crippen molar-refractivity contribution in [3.8, 4) is 0 Å². The van der Waals surface area contributed by atoms with Crippen LogP contribution in [0, 0.1) is 17.8 Å². The Morgan fingerprint density at radius 3 is 2.61 bits per heavy atom. The molecule has 0 radical (unpaired) electrons. The Morgan fingerprint density at radius 1 is 1.22 bits per heavy atom. The van der Waals surface area contributed by atoms with Crippen LogP contribution in [0.1, 0.15) is 76.2 Å². The van der Waals surface area contributed by atoms with Gasteiger partial charge in [0.05, 0.1) is 5.60 Å². The Labute approximate surface area is 216 Å². The molecular weight excluding hydrogens is 462 g/mol. The van der Waals surface area contributed by atoms with Gasteiger partial charge in [0.15, 0.2) is 0 Å². The third-order valence-corrected chi connectivity index (χ3v) is 8.34. The molecular formula is C29H46F2N2O3. The number of unbranched alkanes of at least 4 members (excludes halogenated alkanes) is 1. The Bertz CT molecular complexity index is 784. The van der Waals surface area contributed by atoms with Gasteiger partial charge in [-0.1, -0.05) is 30.3 Å². The first-order valence-corrected chi connectivity index (χ1v) is 13.8. The fourth-order valence-electron chi connectivity index (χ4n) is 6.26. The van der Waals surface area contributed by atoms with Crippen LogP contribution in [-0.2, 0) is 15.1 Å². The minimum atomic E-state index is -2.52. The van der Waals surface area contributed by atoms with E-state index in [1.165, 1.54) is 0 Å². The molecule has 1 saturated carbocycles. The van der Waals surface area contributed by atoms with E-state index in [1.807, 2.05) is 42.3 Å². The van der Waals surface area contributed by atoms with Crippen molar-refractivity contribution in [2.75, 3.05) is 40.4 Å². The zero-order valence-electron chi connectivity index (χ0n) is 22.2. The predicted octanol–water partition coefficient (Wildman–Crippen LogP) is 5.37. The van der Waals surface area contributed by atoms with E-state index >= 15 is 0 Å². The summed E-state index contributed by atoms with van der Waals surface area (Å²) in [6.45, 7) is 2.65. The first-order chi connectivity index (χ1) is 17.3. The number of alkyl halides is 2. The molecule has 2 aliphatic rings. The summed E-state index contributed by atoms with van der Waals surface area (Å²) in [4.78, 5) is 15.4. The van der Waals surface area contributed by atoms with Gasteiger partial charge in [-0.15, -0.1) is 0 Å². The summed E-state index contributed by atoms with van der Waals surface area (Å²) >= 11 is 0. The number of piperidine rings is 1. The van der Waals surface area contributed by atoms with Gasteiger partial charge in [0.2, 0.25) is 11.8 Å². The Morgan fingerprint density at radius 2 is 1.94 bits per heavy atom. The molecule has 2 N–H and O–H groups in total. The van der Waals surface area contributed by atoms with Gasteiger partial charge in [0.1, 0.15) is 0 Å². The van der Waals surface area contributed by atoms with Gasteiger partial charge >= 0.3 is 0 Å². The van der Waals surface area contributed by atoms with E-state index in [-0.39, 0.29) is 36.5 Å². The molecule has 0 spiro atoms. The number of nitrogens with one attached hydrogen (secondary N) is 1. The second-order valence-electron chi connectivity index (χ2n) is 11.1. The number of likely N-dealkylation sites (tertiary alicyclic amines) is 1. The van der Waals surface area contributed by atoms with Gasteiger partial charge in [-0.25, -0.2) is 8.78 Å². The van der Waals surface area contributed by atoms with Crippen molar-refractivity contribution in [1.29, 1.82) is 0 Å². The highest BCUT2D eigenvalue weighted by Crippen LogP contribution is 2.41. The van der Waals surface area contributed by atoms with Crippen LogP contribution in [0.5, 0.6) is 0 Å². The number of halogens is 2. The number of methoxy groups -OCH3 is 1. The lowest BCUT2D eigenvalue weighted by Crippen LogP contribution is -2.48. The lowest BCUT2D eigenvalue weighted by molar-refractivity contribution is -0.138. The smallest absolute Gasteiger partial charge is 0.248 e. The van der Waals surface area contributed by atoms with E-state index in [2.05, 4.69) is 5.32 Å². The normalized spacial score (nSPS) is 23.2. The minimum Gasteiger partial charge on any atom is -0.385 e. The van der Waals surface area contributed by atoms with Crippen LogP contribution in [0.4, 0.5) is 8.78 Å². The summed E-state index contributed by atoms with van der Waals surface area (Å²) in [7, 11) is 3.58. The summed E-state index contributed by atoms with van der Waals surface area (Å²) in [5, 5.41) is 15.2. The fraction of sp³-hybridized carbons (Fsp3) is 0.759. The molecule has 36 heavy (non-hydrogen) atoms. The standard InChI is InChI=1S/C29H46F2N2O3/c1-32-21-24(19-23-12-15-28(30,31)16-13-23)20-27(34)33-17-8-11-26(22-33)29(35,14-6-7-18-36-2)25-9-4-3-5-10-25/h3-5,9-10,23-24,26,32,35H,6-8,11-22H2,1-2H3/t24-,26-,29-/m1/s1. The van der Waals surface area contributed by atoms with Crippen molar-refractivity contribution in [3.05, 3.63) is 35.9 Å². The minimum absolute atomic E-state index is 0.0246. The molecule has 7 heteroatoms. The molecule has 204 valence electrons. The lowest BCUT2D eigenvalue weighted by atomic mass is 9.74. The zero-order valence-corrected chi connectivity index (χ0v) is 22.2. The first kappa shape index (κ1) is 29.0. The van der Waals surface area contributed by atoms with Crippen molar-refractivity contribution in [3.63, 3.8) is 0 Å². The summed E-state index contributed by atoms with van der Waals surface area (Å²) in [6, 6.07) is 9.87. The molecule has 1 aliphatic carbocycles. The lowest BCUT2D eigenvalue weighted by Gasteiger charge is -2.43. The molecule has 0 aromatic heterocycles. The van der Waals surface area contributed by atoms with Crippen LogP contribution in [-0.4, -0.2) is 62.2 Å². The number of ether oxygens (including phenoxy) is 1. The number of aliphatic hydroxyl groups is 1. The highest BCUT2D eigenvalue weighted by molar-refractivity contribution is 5.76. The number of rotatable bonds is 13. The Kier molecular flexibility index (Phi) is 11.1. The fourth-order valence-corrected chi connectivity index (χ4v) is 6.26. The number of carbonyl (C=O) groups excluding carboxylic acids is 1. The van der Waals surface area contributed by atoms with E-state index in [9.17, 15) is 18.7 Å². The van der Waals surface area contributed by atoms with Gasteiger partial charge in [0.25, 0.3) is 0 Å². The second-order valence-corrected chi connectivity index (χ2v) is 11.1. The maximum atomic E-state index is 13.6. The predicted molar refractivity (Wildman–Crippen MR) is 139 cm³/mol. The van der Waals surface area contributed by atoms with Crippen LogP contribution < -0.4 is 5.32 Å². The molecule has 1 aromatic rings. The topological polar surface area (TPSA) is 61.8 Å². The Balaban J connectivity index is 1.63. The molecule has 0 unspecified atom stereocenters. The van der Waals surface area contributed by atoms with Crippen LogP contribution in [0.2, 0.25) is 0 Å². The third-order valence-electron chi connectivity index (χ3n) is 8.34. The van der Waals surface area contributed by atoms with Gasteiger partial charge in [-0.2, -0.15) is 0 Å². The van der Waals surface area contributed by atoms with Gasteiger partial charge in [-0.05, 0) is 82.4 Å². The van der Waals surface area contributed by atoms with E-state index in [4.69, 9.17) is 4.74 Å². The number of nitrogens with zero attached hydrogens (tertiary/aromatic N) is 1. The first-order valence-electron chi connectivity index (χ1n) is 13.8. The summed E-state index contributed by atoms with van der Waals surface area (Å²) in [5.41, 5.74) is -0.0602. The molecule has 1 heterocycles. The van der Waals surface area contributed by atoms with Crippen molar-refractivity contribution in [2.24, 2.45) is 17.8 Å². The highest BCUT2D eigenvalue weighted by atomic mass is 19.3. The summed E-state index contributed by atoms with van der Waals surface area (Å²) in [5.74, 6) is -2.02. The quantitative estimate of drug-likeness (QED) is 0.352. The van der Waals surface area contributed by atoms with Crippen LogP contribution >= 0.6 is 0 Å². The van der Waals surface area contributed by atoms with Gasteiger partial charge in [0, 0.05) is 52.0 Å². The van der Waals surface area contributed by atoms with Gasteiger partial charge in [-0.3, -0.25) is 4.79 Å². The monoisotopic (exact) mass is 508 g/mol. The molecule has 1 aromatic carbocycles. The second kappa shape index (κ2) is 13.8. The SMILES string of the molecule is CNC[C@@H](CC(=O)N1CCC[C@@H]([C@@](O)(CCCCOC)c2ccccc2)C1)CC1CCC(F)(F)CC1. The number of benzene rings is 1. The molecule has 0 bridgehead atoms.